The first kappa shape index (κ1) is 18.0. The molecule has 0 saturated heterocycles. The molecule has 144 valence electrons. The van der Waals surface area contributed by atoms with Gasteiger partial charge in [-0.3, -0.25) is 14.5 Å². The molecule has 0 spiro atoms. The van der Waals surface area contributed by atoms with Gasteiger partial charge in [-0.25, -0.2) is 4.79 Å². The van der Waals surface area contributed by atoms with Gasteiger partial charge in [-0.1, -0.05) is 24.3 Å². The Balaban J connectivity index is 1.20. The van der Waals surface area contributed by atoms with Crippen LogP contribution in [0.4, 0.5) is 0 Å². The van der Waals surface area contributed by atoms with Gasteiger partial charge in [0.15, 0.2) is 11.5 Å². The molecule has 0 saturated carbocycles. The molecule has 1 atom stereocenters. The Bertz CT molecular complexity index is 890. The average Bonchev–Trinajstić information content (AvgIpc) is 2.98. The van der Waals surface area contributed by atoms with E-state index in [1.54, 1.807) is 42.5 Å². The quantitative estimate of drug-likeness (QED) is 0.434. The Morgan fingerprint density at radius 3 is 2.32 bits per heavy atom. The van der Waals surface area contributed by atoms with Crippen molar-refractivity contribution in [1.29, 1.82) is 0 Å². The van der Waals surface area contributed by atoms with E-state index in [1.165, 1.54) is 4.90 Å². The minimum Gasteiger partial charge on any atom is -0.485 e. The number of esters is 1. The van der Waals surface area contributed by atoms with Crippen LogP contribution < -0.4 is 9.47 Å². The van der Waals surface area contributed by atoms with Crippen LogP contribution in [-0.2, 0) is 9.53 Å². The molecule has 4 rings (SSSR count). The number of nitrogens with zero attached hydrogens (tertiary/aromatic N) is 1. The van der Waals surface area contributed by atoms with Gasteiger partial charge in [0.05, 0.1) is 17.7 Å². The van der Waals surface area contributed by atoms with E-state index in [-0.39, 0.29) is 25.0 Å². The summed E-state index contributed by atoms with van der Waals surface area (Å²) in [4.78, 5) is 37.9. The number of hydrogen-bond donors (Lipinski definition) is 0. The molecule has 1 unspecified atom stereocenters. The summed E-state index contributed by atoms with van der Waals surface area (Å²) in [7, 11) is 0. The molecular weight excluding hydrogens is 362 g/mol. The van der Waals surface area contributed by atoms with E-state index in [4.69, 9.17) is 14.2 Å². The zero-order valence-corrected chi connectivity index (χ0v) is 15.1. The Kier molecular flexibility index (Phi) is 4.97. The van der Waals surface area contributed by atoms with E-state index >= 15 is 0 Å². The molecule has 0 aliphatic carbocycles. The molecule has 2 heterocycles. The number of amides is 2. The van der Waals surface area contributed by atoms with Crippen molar-refractivity contribution in [3.05, 3.63) is 59.7 Å². The molecule has 0 fully saturated rings. The van der Waals surface area contributed by atoms with Gasteiger partial charge in [-0.2, -0.15) is 0 Å². The maximum absolute atomic E-state index is 12.3. The lowest BCUT2D eigenvalue weighted by molar-refractivity contribution is -0.154. The van der Waals surface area contributed by atoms with E-state index < -0.39 is 12.1 Å². The molecule has 2 aromatic carbocycles. The van der Waals surface area contributed by atoms with Crippen molar-refractivity contribution in [3.63, 3.8) is 0 Å². The fraction of sp³-hybridized carbons (Fsp3) is 0.286. The molecule has 0 N–H and O–H groups in total. The van der Waals surface area contributed by atoms with Crippen LogP contribution in [-0.4, -0.2) is 48.5 Å². The van der Waals surface area contributed by atoms with E-state index in [0.717, 1.165) is 0 Å². The number of hydrogen-bond acceptors (Lipinski definition) is 6. The molecule has 0 bridgehead atoms. The van der Waals surface area contributed by atoms with E-state index in [1.807, 2.05) is 6.07 Å². The Morgan fingerprint density at radius 2 is 1.61 bits per heavy atom. The van der Waals surface area contributed by atoms with Crippen molar-refractivity contribution < 1.29 is 28.6 Å². The van der Waals surface area contributed by atoms with Crippen LogP contribution in [0.25, 0.3) is 0 Å². The average molecular weight is 381 g/mol. The van der Waals surface area contributed by atoms with Gasteiger partial charge in [-0.05, 0) is 37.1 Å². The molecular formula is C21H19NO6. The van der Waals surface area contributed by atoms with Crippen LogP contribution in [0, 0.1) is 0 Å². The van der Waals surface area contributed by atoms with Gasteiger partial charge in [0.1, 0.15) is 6.61 Å². The van der Waals surface area contributed by atoms with Crippen LogP contribution in [0.2, 0.25) is 0 Å². The first-order valence-corrected chi connectivity index (χ1v) is 9.15. The third kappa shape index (κ3) is 3.43. The first-order valence-electron chi connectivity index (χ1n) is 9.15. The number of para-hydroxylation sites is 2. The molecule has 0 aromatic heterocycles. The summed E-state index contributed by atoms with van der Waals surface area (Å²) in [5.74, 6) is 0.0806. The summed E-state index contributed by atoms with van der Waals surface area (Å²) < 4.78 is 16.3. The SMILES string of the molecule is O=C(OCCCCN1C(=O)c2ccccc2C1=O)C1COc2ccccc2O1. The largest absolute Gasteiger partial charge is 0.485 e. The lowest BCUT2D eigenvalue weighted by Crippen LogP contribution is -2.38. The number of fused-ring (bicyclic) bond motifs is 2. The number of carbonyl (C=O) groups excluding carboxylic acids is 3. The van der Waals surface area contributed by atoms with E-state index in [0.29, 0.717) is 42.0 Å². The lowest BCUT2D eigenvalue weighted by atomic mass is 10.1. The molecule has 2 aliphatic rings. The van der Waals surface area contributed by atoms with Crippen molar-refractivity contribution >= 4 is 17.8 Å². The fourth-order valence-corrected chi connectivity index (χ4v) is 3.22. The Morgan fingerprint density at radius 1 is 0.964 bits per heavy atom. The summed E-state index contributed by atoms with van der Waals surface area (Å²) in [6.45, 7) is 0.578. The maximum Gasteiger partial charge on any atom is 0.350 e. The number of carbonyl (C=O) groups is 3. The van der Waals surface area contributed by atoms with Crippen LogP contribution in [0.1, 0.15) is 33.6 Å². The van der Waals surface area contributed by atoms with Crippen LogP contribution in [0.3, 0.4) is 0 Å². The molecule has 7 nitrogen and oxygen atoms in total. The maximum atomic E-state index is 12.3. The molecule has 2 amide bonds. The van der Waals surface area contributed by atoms with Crippen molar-refractivity contribution in [2.45, 2.75) is 18.9 Å². The number of rotatable bonds is 6. The standard InChI is InChI=1S/C21H19NO6/c23-19-14-7-1-2-8-15(14)20(24)22(19)11-5-6-12-26-21(25)18-13-27-16-9-3-4-10-17(16)28-18/h1-4,7-10,18H,5-6,11-13H2. The van der Waals surface area contributed by atoms with Crippen molar-refractivity contribution in [3.8, 4) is 11.5 Å². The summed E-state index contributed by atoms with van der Waals surface area (Å²) in [6.07, 6.45) is 0.276. The van der Waals surface area contributed by atoms with Crippen molar-refractivity contribution in [1.82, 2.24) is 4.90 Å². The Hall–Kier alpha value is -3.35. The van der Waals surface area contributed by atoms with E-state index in [2.05, 4.69) is 0 Å². The van der Waals surface area contributed by atoms with Gasteiger partial charge in [-0.15, -0.1) is 0 Å². The van der Waals surface area contributed by atoms with E-state index in [9.17, 15) is 14.4 Å². The van der Waals surface area contributed by atoms with Gasteiger partial charge in [0.2, 0.25) is 6.10 Å². The topological polar surface area (TPSA) is 82.1 Å². The second kappa shape index (κ2) is 7.72. The van der Waals surface area contributed by atoms with Crippen molar-refractivity contribution in [2.75, 3.05) is 19.8 Å². The number of unbranched alkanes of at least 4 members (excludes halogenated alkanes) is 1. The predicted molar refractivity (Wildman–Crippen MR) is 98.4 cm³/mol. The predicted octanol–water partition coefficient (Wildman–Crippen LogP) is 2.45. The van der Waals surface area contributed by atoms with Crippen LogP contribution in [0.15, 0.2) is 48.5 Å². The van der Waals surface area contributed by atoms with Crippen molar-refractivity contribution in [2.24, 2.45) is 0 Å². The second-order valence-corrected chi connectivity index (χ2v) is 6.55. The summed E-state index contributed by atoms with van der Waals surface area (Å²) in [6, 6.07) is 13.9. The zero-order chi connectivity index (χ0) is 19.5. The van der Waals surface area contributed by atoms with Gasteiger partial charge in [0.25, 0.3) is 11.8 Å². The second-order valence-electron chi connectivity index (χ2n) is 6.55. The highest BCUT2D eigenvalue weighted by molar-refractivity contribution is 6.21. The summed E-state index contributed by atoms with van der Waals surface area (Å²) >= 11 is 0. The fourth-order valence-electron chi connectivity index (χ4n) is 3.22. The third-order valence-corrected chi connectivity index (χ3v) is 4.67. The monoisotopic (exact) mass is 381 g/mol. The number of benzene rings is 2. The van der Waals surface area contributed by atoms with Gasteiger partial charge in [0, 0.05) is 6.54 Å². The highest BCUT2D eigenvalue weighted by atomic mass is 16.6. The molecule has 7 heteroatoms. The molecule has 2 aliphatic heterocycles. The van der Waals surface area contributed by atoms with Crippen LogP contribution in [0.5, 0.6) is 11.5 Å². The minimum atomic E-state index is -0.800. The number of imide groups is 1. The smallest absolute Gasteiger partial charge is 0.350 e. The summed E-state index contributed by atoms with van der Waals surface area (Å²) in [5.41, 5.74) is 0.877. The first-order chi connectivity index (χ1) is 13.6. The van der Waals surface area contributed by atoms with Gasteiger partial charge >= 0.3 is 5.97 Å². The molecule has 0 radical (unpaired) electrons. The molecule has 2 aromatic rings. The minimum absolute atomic E-state index is 0.102. The Labute approximate surface area is 161 Å². The molecule has 28 heavy (non-hydrogen) atoms. The highest BCUT2D eigenvalue weighted by Gasteiger charge is 2.34. The zero-order valence-electron chi connectivity index (χ0n) is 15.1. The highest BCUT2D eigenvalue weighted by Crippen LogP contribution is 2.31. The lowest BCUT2D eigenvalue weighted by Gasteiger charge is -2.24. The normalized spacial score (nSPS) is 17.4. The number of ether oxygens (including phenoxy) is 3. The summed E-state index contributed by atoms with van der Waals surface area (Å²) in [5, 5.41) is 0. The third-order valence-electron chi connectivity index (χ3n) is 4.67. The van der Waals surface area contributed by atoms with Gasteiger partial charge < -0.3 is 14.2 Å². The van der Waals surface area contributed by atoms with Crippen LogP contribution >= 0.6 is 0 Å².